The van der Waals surface area contributed by atoms with E-state index in [-0.39, 0.29) is 18.4 Å². The van der Waals surface area contributed by atoms with Crippen LogP contribution >= 0.6 is 0 Å². The highest BCUT2D eigenvalue weighted by Crippen LogP contribution is 2.31. The summed E-state index contributed by atoms with van der Waals surface area (Å²) in [6, 6.07) is 23.7. The third-order valence-corrected chi connectivity index (χ3v) is 4.46. The Kier molecular flexibility index (Phi) is 4.64. The van der Waals surface area contributed by atoms with Crippen molar-refractivity contribution in [3.8, 4) is 11.5 Å². The minimum atomic E-state index is -0.293. The lowest BCUT2D eigenvalue weighted by Gasteiger charge is -2.17. The second-order valence-electron chi connectivity index (χ2n) is 6.37. The van der Waals surface area contributed by atoms with Crippen molar-refractivity contribution in [2.24, 2.45) is 0 Å². The van der Waals surface area contributed by atoms with Crippen LogP contribution in [0, 0.1) is 0 Å². The Balaban J connectivity index is 1.38. The zero-order chi connectivity index (χ0) is 19.5. The molecular formula is C23H18N2O3. The SMILES string of the molecule is C=C1c2ccccc2C(=O)N1CC(=O)Nc1ccc(Oc2ccccc2)cc1. The van der Waals surface area contributed by atoms with Gasteiger partial charge in [0.25, 0.3) is 5.91 Å². The molecule has 4 rings (SSSR count). The first-order chi connectivity index (χ1) is 13.6. The number of hydrogen-bond acceptors (Lipinski definition) is 3. The van der Waals surface area contributed by atoms with E-state index in [1.807, 2.05) is 42.5 Å². The molecule has 0 spiro atoms. The van der Waals surface area contributed by atoms with E-state index in [0.717, 1.165) is 11.3 Å². The minimum Gasteiger partial charge on any atom is -0.457 e. The highest BCUT2D eigenvalue weighted by atomic mass is 16.5. The Morgan fingerprint density at radius 1 is 0.857 bits per heavy atom. The summed E-state index contributed by atoms with van der Waals surface area (Å²) in [5.41, 5.74) is 2.51. The molecule has 3 aromatic rings. The van der Waals surface area contributed by atoms with Crippen LogP contribution in [0.3, 0.4) is 0 Å². The Morgan fingerprint density at radius 2 is 1.46 bits per heavy atom. The van der Waals surface area contributed by atoms with Crippen LogP contribution in [-0.4, -0.2) is 23.3 Å². The molecule has 0 aliphatic carbocycles. The van der Waals surface area contributed by atoms with Gasteiger partial charge in [0, 0.05) is 22.5 Å². The van der Waals surface area contributed by atoms with E-state index in [4.69, 9.17) is 4.74 Å². The maximum atomic E-state index is 12.5. The zero-order valence-electron chi connectivity index (χ0n) is 15.1. The van der Waals surface area contributed by atoms with Crippen molar-refractivity contribution in [1.29, 1.82) is 0 Å². The van der Waals surface area contributed by atoms with Crippen molar-refractivity contribution in [3.63, 3.8) is 0 Å². The third kappa shape index (κ3) is 3.50. The van der Waals surface area contributed by atoms with E-state index in [0.29, 0.717) is 22.7 Å². The third-order valence-electron chi connectivity index (χ3n) is 4.46. The molecule has 3 aromatic carbocycles. The predicted molar refractivity (Wildman–Crippen MR) is 108 cm³/mol. The van der Waals surface area contributed by atoms with Crippen LogP contribution in [0.4, 0.5) is 5.69 Å². The monoisotopic (exact) mass is 370 g/mol. The highest BCUT2D eigenvalue weighted by molar-refractivity contribution is 6.11. The molecule has 1 heterocycles. The molecule has 0 fully saturated rings. The van der Waals surface area contributed by atoms with Gasteiger partial charge in [-0.05, 0) is 42.5 Å². The molecule has 1 N–H and O–H groups in total. The normalized spacial score (nSPS) is 12.6. The Bertz CT molecular complexity index is 1010. The fourth-order valence-corrected chi connectivity index (χ4v) is 3.08. The summed E-state index contributed by atoms with van der Waals surface area (Å²) >= 11 is 0. The molecule has 0 radical (unpaired) electrons. The Hall–Kier alpha value is -3.86. The van der Waals surface area contributed by atoms with Gasteiger partial charge in [-0.15, -0.1) is 0 Å². The molecule has 5 nitrogen and oxygen atoms in total. The Morgan fingerprint density at radius 3 is 2.14 bits per heavy atom. The number of rotatable bonds is 5. The molecule has 1 aliphatic heterocycles. The van der Waals surface area contributed by atoms with E-state index in [1.165, 1.54) is 4.90 Å². The lowest BCUT2D eigenvalue weighted by atomic mass is 10.1. The number of carbonyl (C=O) groups is 2. The number of carbonyl (C=O) groups excluding carboxylic acids is 2. The molecule has 0 atom stereocenters. The maximum absolute atomic E-state index is 12.5. The van der Waals surface area contributed by atoms with Gasteiger partial charge >= 0.3 is 0 Å². The van der Waals surface area contributed by atoms with Crippen LogP contribution in [0.5, 0.6) is 11.5 Å². The van der Waals surface area contributed by atoms with Crippen LogP contribution in [0.2, 0.25) is 0 Å². The number of benzene rings is 3. The van der Waals surface area contributed by atoms with Gasteiger partial charge in [-0.2, -0.15) is 0 Å². The summed E-state index contributed by atoms with van der Waals surface area (Å²) in [6.45, 7) is 3.86. The van der Waals surface area contributed by atoms with Gasteiger partial charge < -0.3 is 10.1 Å². The van der Waals surface area contributed by atoms with E-state index in [1.54, 1.807) is 36.4 Å². The molecule has 0 bridgehead atoms. The lowest BCUT2D eigenvalue weighted by Crippen LogP contribution is -2.32. The first kappa shape index (κ1) is 17.5. The number of nitrogens with one attached hydrogen (secondary N) is 1. The second-order valence-corrected chi connectivity index (χ2v) is 6.37. The minimum absolute atomic E-state index is 0.0887. The van der Waals surface area contributed by atoms with Crippen LogP contribution in [0.15, 0.2) is 85.4 Å². The van der Waals surface area contributed by atoms with Crippen molar-refractivity contribution in [2.75, 3.05) is 11.9 Å². The van der Waals surface area contributed by atoms with Crippen LogP contribution in [-0.2, 0) is 4.79 Å². The number of nitrogens with zero attached hydrogens (tertiary/aromatic N) is 1. The lowest BCUT2D eigenvalue weighted by molar-refractivity contribution is -0.116. The molecule has 5 heteroatoms. The van der Waals surface area contributed by atoms with Gasteiger partial charge in [0.1, 0.15) is 18.0 Å². The van der Waals surface area contributed by atoms with Gasteiger partial charge in [0.05, 0.1) is 0 Å². The van der Waals surface area contributed by atoms with E-state index in [2.05, 4.69) is 11.9 Å². The molecule has 28 heavy (non-hydrogen) atoms. The number of ether oxygens (including phenoxy) is 1. The summed E-state index contributed by atoms with van der Waals surface area (Å²) in [5.74, 6) is 0.911. The molecule has 0 saturated heterocycles. The van der Waals surface area contributed by atoms with Crippen molar-refractivity contribution in [2.45, 2.75) is 0 Å². The van der Waals surface area contributed by atoms with E-state index >= 15 is 0 Å². The molecule has 1 aliphatic rings. The standard InChI is InChI=1S/C23H18N2O3/c1-16-20-9-5-6-10-21(20)23(27)25(16)15-22(26)24-17-11-13-19(14-12-17)28-18-7-3-2-4-8-18/h2-14H,1,15H2,(H,24,26). The zero-order valence-corrected chi connectivity index (χ0v) is 15.1. The number of hydrogen-bond donors (Lipinski definition) is 1. The quantitative estimate of drug-likeness (QED) is 0.717. The first-order valence-corrected chi connectivity index (χ1v) is 8.85. The van der Waals surface area contributed by atoms with Gasteiger partial charge in [-0.3, -0.25) is 14.5 Å². The maximum Gasteiger partial charge on any atom is 0.259 e. The van der Waals surface area contributed by atoms with Crippen molar-refractivity contribution < 1.29 is 14.3 Å². The van der Waals surface area contributed by atoms with E-state index < -0.39 is 0 Å². The number of fused-ring (bicyclic) bond motifs is 1. The number of amides is 2. The first-order valence-electron chi connectivity index (χ1n) is 8.85. The molecule has 0 aromatic heterocycles. The van der Waals surface area contributed by atoms with Gasteiger partial charge in [0.2, 0.25) is 5.91 Å². The number of para-hydroxylation sites is 1. The largest absolute Gasteiger partial charge is 0.457 e. The van der Waals surface area contributed by atoms with Gasteiger partial charge in [-0.25, -0.2) is 0 Å². The van der Waals surface area contributed by atoms with Gasteiger partial charge in [-0.1, -0.05) is 43.0 Å². The average molecular weight is 370 g/mol. The fourth-order valence-electron chi connectivity index (χ4n) is 3.08. The van der Waals surface area contributed by atoms with Crippen molar-refractivity contribution in [3.05, 3.63) is 96.6 Å². The van der Waals surface area contributed by atoms with Crippen LogP contribution in [0.25, 0.3) is 5.70 Å². The van der Waals surface area contributed by atoms with Crippen LogP contribution in [0.1, 0.15) is 15.9 Å². The summed E-state index contributed by atoms with van der Waals surface area (Å²) in [6.07, 6.45) is 0. The summed E-state index contributed by atoms with van der Waals surface area (Å²) in [7, 11) is 0. The van der Waals surface area contributed by atoms with Crippen molar-refractivity contribution in [1.82, 2.24) is 4.90 Å². The summed E-state index contributed by atoms with van der Waals surface area (Å²) in [5, 5.41) is 2.80. The molecule has 2 amide bonds. The molecular weight excluding hydrogens is 352 g/mol. The van der Waals surface area contributed by atoms with Gasteiger partial charge in [0.15, 0.2) is 0 Å². The Labute approximate surface area is 162 Å². The number of anilines is 1. The van der Waals surface area contributed by atoms with E-state index in [9.17, 15) is 9.59 Å². The molecule has 0 saturated carbocycles. The molecule has 138 valence electrons. The average Bonchev–Trinajstić information content (AvgIpc) is 2.95. The van der Waals surface area contributed by atoms with Crippen LogP contribution < -0.4 is 10.1 Å². The summed E-state index contributed by atoms with van der Waals surface area (Å²) in [4.78, 5) is 26.3. The fraction of sp³-hybridized carbons (Fsp3) is 0.0435. The predicted octanol–water partition coefficient (Wildman–Crippen LogP) is 4.54. The topological polar surface area (TPSA) is 58.6 Å². The molecule has 0 unspecified atom stereocenters. The highest BCUT2D eigenvalue weighted by Gasteiger charge is 2.31. The smallest absolute Gasteiger partial charge is 0.259 e. The van der Waals surface area contributed by atoms with Crippen molar-refractivity contribution >= 4 is 23.2 Å². The summed E-state index contributed by atoms with van der Waals surface area (Å²) < 4.78 is 5.73. The second kappa shape index (κ2) is 7.40.